The fourth-order valence-corrected chi connectivity index (χ4v) is 0.913. The predicted molar refractivity (Wildman–Crippen MR) is 62.8 cm³/mol. The first-order valence-electron chi connectivity index (χ1n) is 5.02. The van der Waals surface area contributed by atoms with E-state index in [0.29, 0.717) is 0 Å². The highest BCUT2D eigenvalue weighted by Gasteiger charge is 1.85. The number of hydrogen-bond acceptors (Lipinski definition) is 4. The summed E-state index contributed by atoms with van der Waals surface area (Å²) in [4.78, 5) is 0. The van der Waals surface area contributed by atoms with Crippen molar-refractivity contribution in [2.24, 2.45) is 10.2 Å². The van der Waals surface area contributed by atoms with Gasteiger partial charge in [-0.2, -0.15) is 10.2 Å². The Kier molecular flexibility index (Phi) is 7.89. The summed E-state index contributed by atoms with van der Waals surface area (Å²) in [6.07, 6.45) is 8.38. The molecule has 0 aliphatic heterocycles. The van der Waals surface area contributed by atoms with Gasteiger partial charge < -0.3 is 10.0 Å². The first-order valence-corrected chi connectivity index (χ1v) is 5.02. The predicted octanol–water partition coefficient (Wildman–Crippen LogP) is 1.64. The number of nitrogens with zero attached hydrogens (tertiary/aromatic N) is 4. The molecule has 14 heavy (non-hydrogen) atoms. The molecular formula is C10H22N4. The molecule has 0 aromatic rings. The van der Waals surface area contributed by atoms with Gasteiger partial charge in [-0.25, -0.2) is 0 Å². The first-order chi connectivity index (χ1) is 6.63. The molecule has 0 N–H and O–H groups in total. The molecule has 0 aliphatic carbocycles. The average Bonchev–Trinajstić information content (AvgIpc) is 2.08. The Labute approximate surface area is 87.3 Å². The maximum atomic E-state index is 4.14. The van der Waals surface area contributed by atoms with E-state index in [2.05, 4.69) is 10.2 Å². The van der Waals surface area contributed by atoms with Crippen LogP contribution in [0.3, 0.4) is 0 Å². The molecular weight excluding hydrogens is 176 g/mol. The SMILES string of the molecule is CN(C)/N=C/CCCC/C=N/N(C)C. The van der Waals surface area contributed by atoms with Crippen molar-refractivity contribution in [1.29, 1.82) is 0 Å². The van der Waals surface area contributed by atoms with Gasteiger partial charge in [0.1, 0.15) is 0 Å². The van der Waals surface area contributed by atoms with Gasteiger partial charge in [0.15, 0.2) is 0 Å². The molecule has 0 bridgehead atoms. The van der Waals surface area contributed by atoms with Crippen molar-refractivity contribution in [1.82, 2.24) is 10.0 Å². The highest BCUT2D eigenvalue weighted by Crippen LogP contribution is 1.96. The van der Waals surface area contributed by atoms with Gasteiger partial charge in [0, 0.05) is 40.6 Å². The zero-order valence-corrected chi connectivity index (χ0v) is 9.77. The van der Waals surface area contributed by atoms with E-state index in [-0.39, 0.29) is 0 Å². The summed E-state index contributed by atoms with van der Waals surface area (Å²) in [5, 5.41) is 11.9. The molecule has 4 nitrogen and oxygen atoms in total. The van der Waals surface area contributed by atoms with Crippen LogP contribution in [-0.4, -0.2) is 50.6 Å². The second kappa shape index (κ2) is 8.53. The molecule has 0 aromatic carbocycles. The molecule has 0 saturated carbocycles. The Bertz CT molecular complexity index is 153. The second-order valence-electron chi connectivity index (χ2n) is 3.57. The van der Waals surface area contributed by atoms with E-state index in [9.17, 15) is 0 Å². The molecule has 0 aromatic heterocycles. The third-order valence-electron chi connectivity index (χ3n) is 1.54. The van der Waals surface area contributed by atoms with Crippen LogP contribution < -0.4 is 0 Å². The highest BCUT2D eigenvalue weighted by molar-refractivity contribution is 5.58. The van der Waals surface area contributed by atoms with Crippen molar-refractivity contribution >= 4 is 12.4 Å². The Morgan fingerprint density at radius 2 is 1.14 bits per heavy atom. The largest absolute Gasteiger partial charge is 0.303 e. The minimum absolute atomic E-state index is 1.05. The minimum Gasteiger partial charge on any atom is -0.303 e. The quantitative estimate of drug-likeness (QED) is 0.354. The summed E-state index contributed by atoms with van der Waals surface area (Å²) in [5.74, 6) is 0. The number of hydrazone groups is 2. The van der Waals surface area contributed by atoms with Crippen LogP contribution in [0, 0.1) is 0 Å². The Morgan fingerprint density at radius 3 is 1.43 bits per heavy atom. The van der Waals surface area contributed by atoms with Gasteiger partial charge in [-0.15, -0.1) is 0 Å². The van der Waals surface area contributed by atoms with Crippen molar-refractivity contribution < 1.29 is 0 Å². The lowest BCUT2D eigenvalue weighted by molar-refractivity contribution is 0.437. The molecule has 82 valence electrons. The van der Waals surface area contributed by atoms with E-state index in [1.807, 2.05) is 50.6 Å². The van der Waals surface area contributed by atoms with Gasteiger partial charge >= 0.3 is 0 Å². The van der Waals surface area contributed by atoms with E-state index >= 15 is 0 Å². The number of unbranched alkanes of at least 4 members (excludes halogenated alkanes) is 3. The zero-order valence-electron chi connectivity index (χ0n) is 9.77. The summed E-state index contributed by atoms with van der Waals surface area (Å²) in [6.45, 7) is 0. The Hall–Kier alpha value is -1.06. The fourth-order valence-electron chi connectivity index (χ4n) is 0.913. The number of rotatable bonds is 7. The Balaban J connectivity index is 3.22. The van der Waals surface area contributed by atoms with E-state index in [4.69, 9.17) is 0 Å². The summed E-state index contributed by atoms with van der Waals surface area (Å²) in [5.41, 5.74) is 0. The van der Waals surface area contributed by atoms with Gasteiger partial charge in [-0.05, 0) is 25.7 Å². The van der Waals surface area contributed by atoms with Gasteiger partial charge in [0.05, 0.1) is 0 Å². The van der Waals surface area contributed by atoms with Crippen LogP contribution in [0.15, 0.2) is 10.2 Å². The molecule has 0 fully saturated rings. The molecule has 0 saturated heterocycles. The van der Waals surface area contributed by atoms with Crippen LogP contribution in [0.5, 0.6) is 0 Å². The molecule has 0 rings (SSSR count). The second-order valence-corrected chi connectivity index (χ2v) is 3.57. The molecule has 0 aliphatic rings. The summed E-state index contributed by atoms with van der Waals surface area (Å²) in [6, 6.07) is 0. The lowest BCUT2D eigenvalue weighted by Gasteiger charge is -2.02. The topological polar surface area (TPSA) is 31.2 Å². The van der Waals surface area contributed by atoms with Gasteiger partial charge in [-0.1, -0.05) is 0 Å². The van der Waals surface area contributed by atoms with Gasteiger partial charge in [0.2, 0.25) is 0 Å². The highest BCUT2D eigenvalue weighted by atomic mass is 15.4. The minimum atomic E-state index is 1.05. The molecule has 0 atom stereocenters. The normalized spacial score (nSPS) is 11.4. The van der Waals surface area contributed by atoms with Gasteiger partial charge in [0.25, 0.3) is 0 Å². The van der Waals surface area contributed by atoms with E-state index < -0.39 is 0 Å². The number of hydrogen-bond donors (Lipinski definition) is 0. The van der Waals surface area contributed by atoms with Crippen molar-refractivity contribution in [2.45, 2.75) is 25.7 Å². The molecule has 0 unspecified atom stereocenters. The third-order valence-corrected chi connectivity index (χ3v) is 1.54. The van der Waals surface area contributed by atoms with E-state index in [0.717, 1.165) is 12.8 Å². The smallest absolute Gasteiger partial charge is 0.0244 e. The van der Waals surface area contributed by atoms with E-state index in [1.54, 1.807) is 0 Å². The molecule has 0 spiro atoms. The van der Waals surface area contributed by atoms with Crippen LogP contribution in [0.2, 0.25) is 0 Å². The van der Waals surface area contributed by atoms with Crippen molar-refractivity contribution in [2.75, 3.05) is 28.2 Å². The van der Waals surface area contributed by atoms with Crippen LogP contribution in [-0.2, 0) is 0 Å². The van der Waals surface area contributed by atoms with Crippen molar-refractivity contribution in [3.63, 3.8) is 0 Å². The third kappa shape index (κ3) is 10.9. The van der Waals surface area contributed by atoms with Gasteiger partial charge in [-0.3, -0.25) is 0 Å². The van der Waals surface area contributed by atoms with Crippen molar-refractivity contribution in [3.05, 3.63) is 0 Å². The summed E-state index contributed by atoms with van der Waals surface area (Å²) in [7, 11) is 7.72. The zero-order chi connectivity index (χ0) is 10.8. The summed E-state index contributed by atoms with van der Waals surface area (Å²) < 4.78 is 0. The van der Waals surface area contributed by atoms with Crippen LogP contribution >= 0.6 is 0 Å². The van der Waals surface area contributed by atoms with E-state index in [1.165, 1.54) is 12.8 Å². The first kappa shape index (κ1) is 12.9. The maximum Gasteiger partial charge on any atom is 0.0244 e. The standard InChI is InChI=1S/C10H22N4/c1-13(2)11-9-7-5-6-8-10-12-14(3)4/h9-10H,5-8H2,1-4H3/b11-9+,12-10+. The lowest BCUT2D eigenvalue weighted by Crippen LogP contribution is -2.02. The van der Waals surface area contributed by atoms with Crippen LogP contribution in [0.25, 0.3) is 0 Å². The lowest BCUT2D eigenvalue weighted by atomic mass is 10.2. The average molecular weight is 198 g/mol. The summed E-state index contributed by atoms with van der Waals surface area (Å²) >= 11 is 0. The fraction of sp³-hybridized carbons (Fsp3) is 0.800. The molecule has 0 amide bonds. The molecule has 0 heterocycles. The Morgan fingerprint density at radius 1 is 0.786 bits per heavy atom. The maximum absolute atomic E-state index is 4.14. The monoisotopic (exact) mass is 198 g/mol. The van der Waals surface area contributed by atoms with Crippen molar-refractivity contribution in [3.8, 4) is 0 Å². The molecule has 0 radical (unpaired) electrons. The van der Waals surface area contributed by atoms with Crippen LogP contribution in [0.4, 0.5) is 0 Å². The van der Waals surface area contributed by atoms with Crippen LogP contribution in [0.1, 0.15) is 25.7 Å². The molecule has 4 heteroatoms.